The van der Waals surface area contributed by atoms with Crippen LogP contribution in [0.5, 0.6) is 0 Å². The van der Waals surface area contributed by atoms with E-state index in [1.807, 2.05) is 36.4 Å². The van der Waals surface area contributed by atoms with Crippen molar-refractivity contribution in [2.45, 2.75) is 44.6 Å². The van der Waals surface area contributed by atoms with Gasteiger partial charge >= 0.3 is 0 Å². The molecule has 0 radical (unpaired) electrons. The molecular weight excluding hydrogens is 528 g/mol. The Balaban J connectivity index is 0.000000167. The number of Topliss-reactive ketones (excluding diaryl/α,β-unsaturated/α-hetero) is 1. The van der Waals surface area contributed by atoms with Crippen molar-refractivity contribution >= 4 is 17.2 Å². The molecule has 0 aromatic heterocycles. The van der Waals surface area contributed by atoms with Crippen molar-refractivity contribution in [2.75, 3.05) is 50.3 Å². The quantitative estimate of drug-likeness (QED) is 0.222. The Morgan fingerprint density at radius 3 is 1.44 bits per heavy atom. The molecule has 0 unspecified atom stereocenters. The Labute approximate surface area is 258 Å². The van der Waals surface area contributed by atoms with Crippen molar-refractivity contribution in [3.63, 3.8) is 0 Å². The molecular formula is C38H48N4O. The Kier molecular flexibility index (Phi) is 13.8. The standard InChI is InChI=1S/C19H24N2.C13H17NO.C6H7N/c1-3-7-17(8-4-1)11-14-21-15-12-19(13-16-21)20-18-9-5-2-6-10-18;15-13-7-10-14(11-8-13)9-6-12-4-2-1-3-5-12;7-6-4-2-1-3-5-6/h1-10,19-20H,11-16H2;1-5H,6-11H2;1-5H,7H2. The van der Waals surface area contributed by atoms with Crippen molar-refractivity contribution in [3.8, 4) is 0 Å². The minimum absolute atomic E-state index is 0.422. The van der Waals surface area contributed by atoms with E-state index in [-0.39, 0.29) is 0 Å². The van der Waals surface area contributed by atoms with E-state index in [2.05, 4.69) is 100 Å². The number of nitrogens with two attached hydrogens (primary N) is 1. The van der Waals surface area contributed by atoms with Crippen LogP contribution in [0.15, 0.2) is 121 Å². The Hall–Kier alpha value is -3.93. The number of carbonyl (C=O) groups excluding carboxylic acids is 1. The van der Waals surface area contributed by atoms with E-state index in [1.54, 1.807) is 0 Å². The molecule has 0 aliphatic carbocycles. The van der Waals surface area contributed by atoms with E-state index in [4.69, 9.17) is 5.73 Å². The van der Waals surface area contributed by atoms with E-state index in [9.17, 15) is 4.79 Å². The SMILES string of the molecule is Nc1ccccc1.O=C1CCN(CCc2ccccc2)CC1.c1ccc(CCN2CCC(Nc3ccccc3)CC2)cc1. The highest BCUT2D eigenvalue weighted by Crippen LogP contribution is 2.17. The average Bonchev–Trinajstić information content (AvgIpc) is 3.07. The Morgan fingerprint density at radius 1 is 0.581 bits per heavy atom. The van der Waals surface area contributed by atoms with Gasteiger partial charge in [0.25, 0.3) is 0 Å². The van der Waals surface area contributed by atoms with Gasteiger partial charge in [0.2, 0.25) is 0 Å². The molecule has 4 aromatic carbocycles. The molecule has 2 aliphatic heterocycles. The first-order chi connectivity index (χ1) is 21.1. The van der Waals surface area contributed by atoms with Crippen molar-refractivity contribution in [2.24, 2.45) is 0 Å². The topological polar surface area (TPSA) is 61.6 Å². The van der Waals surface area contributed by atoms with Crippen molar-refractivity contribution in [1.82, 2.24) is 9.80 Å². The predicted molar refractivity (Wildman–Crippen MR) is 181 cm³/mol. The van der Waals surface area contributed by atoms with Crippen LogP contribution >= 0.6 is 0 Å². The van der Waals surface area contributed by atoms with E-state index < -0.39 is 0 Å². The van der Waals surface area contributed by atoms with Crippen LogP contribution in [-0.4, -0.2) is 60.9 Å². The van der Waals surface area contributed by atoms with Crippen LogP contribution in [0.1, 0.15) is 36.8 Å². The number of nitrogen functional groups attached to an aromatic ring is 1. The number of nitrogens with zero attached hydrogens (tertiary/aromatic N) is 2. The van der Waals surface area contributed by atoms with Gasteiger partial charge in [-0.2, -0.15) is 0 Å². The van der Waals surface area contributed by atoms with Crippen molar-refractivity contribution < 1.29 is 4.79 Å². The van der Waals surface area contributed by atoms with E-state index in [0.29, 0.717) is 11.8 Å². The summed E-state index contributed by atoms with van der Waals surface area (Å²) < 4.78 is 0. The van der Waals surface area contributed by atoms with Gasteiger partial charge in [-0.1, -0.05) is 97.1 Å². The molecule has 5 heteroatoms. The van der Waals surface area contributed by atoms with Gasteiger partial charge in [-0.15, -0.1) is 0 Å². The highest BCUT2D eigenvalue weighted by atomic mass is 16.1. The molecule has 2 heterocycles. The van der Waals surface area contributed by atoms with Gasteiger partial charge in [-0.05, 0) is 61.1 Å². The smallest absolute Gasteiger partial charge is 0.135 e. The lowest BCUT2D eigenvalue weighted by Gasteiger charge is -2.32. The number of hydrogen-bond acceptors (Lipinski definition) is 5. The summed E-state index contributed by atoms with van der Waals surface area (Å²) in [7, 11) is 0. The van der Waals surface area contributed by atoms with Crippen molar-refractivity contribution in [3.05, 3.63) is 132 Å². The van der Waals surface area contributed by atoms with E-state index in [1.165, 1.54) is 49.3 Å². The first kappa shape index (κ1) is 32.0. The Bertz CT molecular complexity index is 1270. The van der Waals surface area contributed by atoms with E-state index in [0.717, 1.165) is 51.0 Å². The fraction of sp³-hybridized carbons (Fsp3) is 0.342. The van der Waals surface area contributed by atoms with Crippen molar-refractivity contribution in [1.29, 1.82) is 0 Å². The third kappa shape index (κ3) is 12.9. The third-order valence-corrected chi connectivity index (χ3v) is 8.06. The second-order valence-corrected chi connectivity index (χ2v) is 11.4. The molecule has 226 valence electrons. The molecule has 2 aliphatic rings. The number of piperidine rings is 2. The first-order valence-electron chi connectivity index (χ1n) is 15.8. The van der Waals surface area contributed by atoms with E-state index >= 15 is 0 Å². The molecule has 6 rings (SSSR count). The summed E-state index contributed by atoms with van der Waals surface area (Å²) in [4.78, 5) is 16.0. The normalized spacial score (nSPS) is 15.9. The molecule has 5 nitrogen and oxygen atoms in total. The molecule has 0 atom stereocenters. The van der Waals surface area contributed by atoms with Crippen LogP contribution in [0.3, 0.4) is 0 Å². The summed E-state index contributed by atoms with van der Waals surface area (Å²) in [6, 6.07) is 42.0. The predicted octanol–water partition coefficient (Wildman–Crippen LogP) is 6.97. The minimum atomic E-state index is 0.422. The third-order valence-electron chi connectivity index (χ3n) is 8.06. The summed E-state index contributed by atoms with van der Waals surface area (Å²) >= 11 is 0. The largest absolute Gasteiger partial charge is 0.399 e. The number of anilines is 2. The van der Waals surface area contributed by atoms with Crippen LogP contribution in [-0.2, 0) is 17.6 Å². The number of hydrogen-bond donors (Lipinski definition) is 2. The summed E-state index contributed by atoms with van der Waals surface area (Å²) in [6.45, 7) is 6.57. The fourth-order valence-electron chi connectivity index (χ4n) is 5.41. The lowest BCUT2D eigenvalue weighted by atomic mass is 10.0. The number of benzene rings is 4. The number of rotatable bonds is 8. The number of para-hydroxylation sites is 2. The van der Waals surface area contributed by atoms with Crippen LogP contribution in [0, 0.1) is 0 Å². The highest BCUT2D eigenvalue weighted by Gasteiger charge is 2.18. The second kappa shape index (κ2) is 18.6. The van der Waals surface area contributed by atoms with Crippen LogP contribution < -0.4 is 11.1 Å². The van der Waals surface area contributed by atoms with Gasteiger partial charge in [-0.3, -0.25) is 4.79 Å². The van der Waals surface area contributed by atoms with Crippen LogP contribution in [0.25, 0.3) is 0 Å². The molecule has 0 saturated carbocycles. The maximum atomic E-state index is 11.1. The molecule has 2 saturated heterocycles. The molecule has 43 heavy (non-hydrogen) atoms. The fourth-order valence-corrected chi connectivity index (χ4v) is 5.41. The zero-order valence-corrected chi connectivity index (χ0v) is 25.5. The first-order valence-corrected chi connectivity index (χ1v) is 15.8. The van der Waals surface area contributed by atoms with Gasteiger partial charge in [0, 0.05) is 69.5 Å². The second-order valence-electron chi connectivity index (χ2n) is 11.4. The summed E-state index contributed by atoms with van der Waals surface area (Å²) in [5, 5.41) is 3.65. The number of nitrogens with one attached hydrogen (secondary N) is 1. The minimum Gasteiger partial charge on any atom is -0.399 e. The molecule has 2 fully saturated rings. The number of likely N-dealkylation sites (tertiary alicyclic amines) is 2. The van der Waals surface area contributed by atoms with Crippen LogP contribution in [0.4, 0.5) is 11.4 Å². The molecule has 4 aromatic rings. The van der Waals surface area contributed by atoms with Crippen LogP contribution in [0.2, 0.25) is 0 Å². The summed E-state index contributed by atoms with van der Waals surface area (Å²) in [6.07, 6.45) is 6.23. The average molecular weight is 577 g/mol. The monoisotopic (exact) mass is 576 g/mol. The summed E-state index contributed by atoms with van der Waals surface area (Å²) in [5.41, 5.74) is 10.3. The van der Waals surface area contributed by atoms with Gasteiger partial charge in [0.1, 0.15) is 5.78 Å². The van der Waals surface area contributed by atoms with Gasteiger partial charge in [0.05, 0.1) is 0 Å². The Morgan fingerprint density at radius 2 is 1.00 bits per heavy atom. The zero-order chi connectivity index (χ0) is 30.0. The number of carbonyl (C=O) groups is 1. The lowest BCUT2D eigenvalue weighted by Crippen LogP contribution is -2.40. The molecule has 0 amide bonds. The maximum Gasteiger partial charge on any atom is 0.135 e. The zero-order valence-electron chi connectivity index (χ0n) is 25.5. The summed E-state index contributed by atoms with van der Waals surface area (Å²) in [5.74, 6) is 0.422. The lowest BCUT2D eigenvalue weighted by molar-refractivity contribution is -0.121. The number of ketones is 1. The maximum absolute atomic E-state index is 11.1. The highest BCUT2D eigenvalue weighted by molar-refractivity contribution is 5.79. The molecule has 0 spiro atoms. The van der Waals surface area contributed by atoms with Gasteiger partial charge in [0.15, 0.2) is 0 Å². The molecule has 0 bridgehead atoms. The van der Waals surface area contributed by atoms with Gasteiger partial charge in [-0.25, -0.2) is 0 Å². The molecule has 3 N–H and O–H groups in total. The van der Waals surface area contributed by atoms with Gasteiger partial charge < -0.3 is 20.9 Å².